The second-order valence-corrected chi connectivity index (χ2v) is 8.16. The fourth-order valence-electron chi connectivity index (χ4n) is 3.30. The zero-order chi connectivity index (χ0) is 20.1. The van der Waals surface area contributed by atoms with E-state index in [1.165, 1.54) is 16.9 Å². The average Bonchev–Trinajstić information content (AvgIpc) is 3.07. The number of hydrogen-bond acceptors (Lipinski definition) is 3. The minimum absolute atomic E-state index is 0.00568. The van der Waals surface area contributed by atoms with Gasteiger partial charge >= 0.3 is 0 Å². The minimum atomic E-state index is 0.00568. The smallest absolute Gasteiger partial charge is 0.198 e. The van der Waals surface area contributed by atoms with Gasteiger partial charge in [-0.25, -0.2) is 0 Å². The van der Waals surface area contributed by atoms with Crippen molar-refractivity contribution in [3.63, 3.8) is 0 Å². The van der Waals surface area contributed by atoms with Crippen molar-refractivity contribution in [2.75, 3.05) is 0 Å². The number of benzene rings is 1. The summed E-state index contributed by atoms with van der Waals surface area (Å²) in [6.45, 7) is 2.06. The maximum atomic E-state index is 13.3. The minimum Gasteiger partial charge on any atom is -0.356 e. The summed E-state index contributed by atoms with van der Waals surface area (Å²) in [5.41, 5.74) is 4.52. The number of aryl methyl sites for hydroxylation is 3. The van der Waals surface area contributed by atoms with Crippen LogP contribution in [0.2, 0.25) is 5.02 Å². The van der Waals surface area contributed by atoms with Crippen LogP contribution in [0.3, 0.4) is 0 Å². The van der Waals surface area contributed by atoms with Crippen LogP contribution in [0.15, 0.2) is 46.8 Å². The molecule has 0 N–H and O–H groups in total. The Balaban J connectivity index is 1.99. The third kappa shape index (κ3) is 4.38. The van der Waals surface area contributed by atoms with E-state index in [0.717, 1.165) is 41.7 Å². The molecule has 144 valence electrons. The summed E-state index contributed by atoms with van der Waals surface area (Å²) < 4.78 is 1.92. The highest BCUT2D eigenvalue weighted by atomic mass is 35.5. The van der Waals surface area contributed by atoms with Crippen LogP contribution < -0.4 is 5.43 Å². The van der Waals surface area contributed by atoms with Gasteiger partial charge < -0.3 is 4.57 Å². The highest BCUT2D eigenvalue weighted by Crippen LogP contribution is 2.36. The van der Waals surface area contributed by atoms with Crippen molar-refractivity contribution in [1.29, 1.82) is 5.26 Å². The van der Waals surface area contributed by atoms with Crippen molar-refractivity contribution in [2.24, 2.45) is 7.05 Å². The van der Waals surface area contributed by atoms with E-state index in [9.17, 15) is 4.79 Å². The number of aromatic nitrogens is 1. The number of pyridine rings is 1. The molecule has 1 aromatic carbocycles. The molecule has 0 fully saturated rings. The first-order valence-electron chi connectivity index (χ1n) is 9.48. The van der Waals surface area contributed by atoms with Crippen molar-refractivity contribution in [2.45, 2.75) is 39.0 Å². The molecule has 0 saturated carbocycles. The number of nitriles is 1. The zero-order valence-corrected chi connectivity index (χ0v) is 17.7. The van der Waals surface area contributed by atoms with Crippen molar-refractivity contribution >= 4 is 22.9 Å². The molecule has 5 heteroatoms. The van der Waals surface area contributed by atoms with Crippen LogP contribution in [-0.2, 0) is 19.9 Å². The maximum Gasteiger partial charge on any atom is 0.198 e. The molecule has 0 amide bonds. The monoisotopic (exact) mass is 410 g/mol. The maximum absolute atomic E-state index is 13.3. The van der Waals surface area contributed by atoms with Gasteiger partial charge in [0.15, 0.2) is 5.43 Å². The van der Waals surface area contributed by atoms with E-state index in [4.69, 9.17) is 16.9 Å². The first-order chi connectivity index (χ1) is 13.5. The lowest BCUT2D eigenvalue weighted by Gasteiger charge is -2.10. The average molecular weight is 411 g/mol. The van der Waals surface area contributed by atoms with Crippen LogP contribution in [0.4, 0.5) is 0 Å². The number of nitrogens with zero attached hydrogens (tertiary/aromatic N) is 2. The van der Waals surface area contributed by atoms with Crippen LogP contribution in [-0.4, -0.2) is 4.57 Å². The lowest BCUT2D eigenvalue weighted by atomic mass is 9.99. The molecule has 0 atom stereocenters. The first kappa shape index (κ1) is 20.4. The molecule has 0 spiro atoms. The molecule has 2 aromatic heterocycles. The van der Waals surface area contributed by atoms with E-state index in [1.807, 2.05) is 41.5 Å². The molecular weight excluding hydrogens is 388 g/mol. The Morgan fingerprint density at radius 3 is 2.71 bits per heavy atom. The van der Waals surface area contributed by atoms with Crippen molar-refractivity contribution < 1.29 is 0 Å². The third-order valence-corrected chi connectivity index (χ3v) is 6.43. The van der Waals surface area contributed by atoms with Crippen LogP contribution in [0.25, 0.3) is 21.6 Å². The van der Waals surface area contributed by atoms with E-state index in [0.29, 0.717) is 22.6 Å². The predicted octanol–water partition coefficient (Wildman–Crippen LogP) is 6.23. The van der Waals surface area contributed by atoms with E-state index in [1.54, 1.807) is 0 Å². The number of halogens is 1. The molecule has 3 rings (SSSR count). The molecule has 0 aliphatic carbocycles. The lowest BCUT2D eigenvalue weighted by molar-refractivity contribution is 0.753. The number of unbranched alkanes of at least 4 members (excludes halogenated alkanes) is 2. The van der Waals surface area contributed by atoms with Gasteiger partial charge in [0.1, 0.15) is 0 Å². The van der Waals surface area contributed by atoms with Gasteiger partial charge in [-0.3, -0.25) is 4.79 Å². The van der Waals surface area contributed by atoms with Crippen LogP contribution in [0.5, 0.6) is 0 Å². The van der Waals surface area contributed by atoms with Gasteiger partial charge in [0.05, 0.1) is 21.5 Å². The Kier molecular flexibility index (Phi) is 6.72. The van der Waals surface area contributed by atoms with Gasteiger partial charge in [-0.15, -0.1) is 11.3 Å². The van der Waals surface area contributed by atoms with E-state index >= 15 is 0 Å². The summed E-state index contributed by atoms with van der Waals surface area (Å²) in [4.78, 5) is 14.1. The SMILES string of the molecule is CCc1csc(-c2cn(C)cc(-c3cccc(CCCCC#N)c3)c2=O)c1Cl. The number of rotatable bonds is 7. The first-order valence-corrected chi connectivity index (χ1v) is 10.7. The van der Waals surface area contributed by atoms with Crippen molar-refractivity contribution in [3.8, 4) is 27.6 Å². The Morgan fingerprint density at radius 1 is 1.21 bits per heavy atom. The number of hydrogen-bond donors (Lipinski definition) is 0. The summed E-state index contributed by atoms with van der Waals surface area (Å²) in [6.07, 6.45) is 7.95. The van der Waals surface area contributed by atoms with Gasteiger partial charge in [0.25, 0.3) is 0 Å². The summed E-state index contributed by atoms with van der Waals surface area (Å²) in [6, 6.07) is 10.3. The van der Waals surface area contributed by atoms with Gasteiger partial charge in [-0.05, 0) is 47.8 Å². The van der Waals surface area contributed by atoms with Gasteiger partial charge in [-0.2, -0.15) is 5.26 Å². The Morgan fingerprint density at radius 2 is 2.00 bits per heavy atom. The van der Waals surface area contributed by atoms with Gasteiger partial charge in [0.2, 0.25) is 0 Å². The largest absolute Gasteiger partial charge is 0.356 e. The van der Waals surface area contributed by atoms with Crippen LogP contribution >= 0.6 is 22.9 Å². The summed E-state index contributed by atoms with van der Waals surface area (Å²) in [5.74, 6) is 0. The highest BCUT2D eigenvalue weighted by molar-refractivity contribution is 7.14. The molecular formula is C23H23ClN2OS. The van der Waals surface area contributed by atoms with Crippen LogP contribution in [0.1, 0.15) is 37.3 Å². The molecule has 2 heterocycles. The van der Waals surface area contributed by atoms with E-state index < -0.39 is 0 Å². The molecule has 0 bridgehead atoms. The Bertz CT molecular complexity index is 1070. The summed E-state index contributed by atoms with van der Waals surface area (Å²) >= 11 is 8.06. The fourth-order valence-corrected chi connectivity index (χ4v) is 4.84. The number of thiophene rings is 1. The normalized spacial score (nSPS) is 10.8. The van der Waals surface area contributed by atoms with Crippen LogP contribution in [0, 0.1) is 11.3 Å². The second kappa shape index (κ2) is 9.23. The Labute approximate surface area is 174 Å². The third-order valence-electron chi connectivity index (χ3n) is 4.82. The topological polar surface area (TPSA) is 45.8 Å². The predicted molar refractivity (Wildman–Crippen MR) is 118 cm³/mol. The molecule has 3 nitrogen and oxygen atoms in total. The lowest BCUT2D eigenvalue weighted by Crippen LogP contribution is -2.11. The molecule has 0 aliphatic rings. The Hall–Kier alpha value is -2.35. The molecule has 28 heavy (non-hydrogen) atoms. The fraction of sp³-hybridized carbons (Fsp3) is 0.304. The molecule has 0 saturated heterocycles. The summed E-state index contributed by atoms with van der Waals surface area (Å²) in [5, 5.41) is 11.4. The highest BCUT2D eigenvalue weighted by Gasteiger charge is 2.17. The van der Waals surface area contributed by atoms with Gasteiger partial charge in [-0.1, -0.05) is 42.8 Å². The van der Waals surface area contributed by atoms with Crippen molar-refractivity contribution in [1.82, 2.24) is 4.57 Å². The van der Waals surface area contributed by atoms with Crippen molar-refractivity contribution in [3.05, 3.63) is 68.4 Å². The summed E-state index contributed by atoms with van der Waals surface area (Å²) in [7, 11) is 1.93. The van der Waals surface area contributed by atoms with E-state index in [2.05, 4.69) is 25.1 Å². The second-order valence-electron chi connectivity index (χ2n) is 6.90. The molecule has 0 aliphatic heterocycles. The quantitative estimate of drug-likeness (QED) is 0.433. The van der Waals surface area contributed by atoms with Gasteiger partial charge in [0, 0.05) is 31.4 Å². The zero-order valence-electron chi connectivity index (χ0n) is 16.2. The molecule has 3 aromatic rings. The standard InChI is InChI=1S/C23H23ClN2OS/c1-3-17-15-28-23(21(17)24)20-14-26(2)13-19(22(20)27)18-10-7-9-16(12-18)8-5-4-6-11-25/h7,9-10,12-15H,3-6,8H2,1-2H3. The van der Waals surface area contributed by atoms with E-state index in [-0.39, 0.29) is 5.43 Å². The molecule has 0 radical (unpaired) electrons. The molecule has 0 unspecified atom stereocenters.